The second kappa shape index (κ2) is 10.6. The number of carbonyl (C=O) groups excluding carboxylic acids is 2. The van der Waals surface area contributed by atoms with Crippen LogP contribution in [0, 0.1) is 17.2 Å². The van der Waals surface area contributed by atoms with E-state index in [1.807, 2.05) is 19.9 Å². The van der Waals surface area contributed by atoms with Gasteiger partial charge in [0, 0.05) is 0 Å². The molecule has 0 spiro atoms. The predicted octanol–water partition coefficient (Wildman–Crippen LogP) is 3.62. The first kappa shape index (κ1) is 24.4. The molecule has 0 amide bonds. The molecule has 1 heterocycles. The molecule has 0 aliphatic carbocycles. The number of esters is 2. The second-order valence-corrected chi connectivity index (χ2v) is 8.01. The zero-order chi connectivity index (χ0) is 24.8. The molecule has 0 saturated heterocycles. The van der Waals surface area contributed by atoms with Crippen LogP contribution >= 0.6 is 0 Å². The van der Waals surface area contributed by atoms with Crippen LogP contribution in [0.25, 0.3) is 0 Å². The average Bonchev–Trinajstić information content (AvgIpc) is 2.86. The summed E-state index contributed by atoms with van der Waals surface area (Å²) in [4.78, 5) is 27.6. The van der Waals surface area contributed by atoms with E-state index in [2.05, 4.69) is 6.07 Å². The molecule has 0 fully saturated rings. The fourth-order valence-corrected chi connectivity index (χ4v) is 3.78. The van der Waals surface area contributed by atoms with Crippen LogP contribution in [0.15, 0.2) is 77.3 Å². The number of para-hydroxylation sites is 2. The van der Waals surface area contributed by atoms with Crippen molar-refractivity contribution in [2.45, 2.75) is 19.8 Å². The van der Waals surface area contributed by atoms with Crippen molar-refractivity contribution in [3.63, 3.8) is 0 Å². The Morgan fingerprint density at radius 2 is 1.65 bits per heavy atom. The van der Waals surface area contributed by atoms with E-state index in [4.69, 9.17) is 19.9 Å². The molecular formula is C26H27N3O5. The number of hydrogen-bond donors (Lipinski definition) is 1. The lowest BCUT2D eigenvalue weighted by molar-refractivity contribution is -0.139. The summed E-state index contributed by atoms with van der Waals surface area (Å²) in [5, 5.41) is 10.1. The molecule has 1 aliphatic rings. The van der Waals surface area contributed by atoms with Crippen molar-refractivity contribution < 1.29 is 23.8 Å². The number of nitriles is 1. The van der Waals surface area contributed by atoms with Gasteiger partial charge in [0.15, 0.2) is 0 Å². The molecular weight excluding hydrogens is 434 g/mol. The van der Waals surface area contributed by atoms with Gasteiger partial charge in [-0.1, -0.05) is 56.3 Å². The highest BCUT2D eigenvalue weighted by Crippen LogP contribution is 2.45. The zero-order valence-corrected chi connectivity index (χ0v) is 19.6. The third-order valence-corrected chi connectivity index (χ3v) is 5.29. The standard InChI is InChI=1S/C26H27N3O5/c1-16(2)15-34-20-13-9-8-12-19(20)29-23(26(31)33-4)22(25(30)32-3)21(18(14-27)24(29)28)17-10-6-5-7-11-17/h5-13,16,21H,15,28H2,1-4H3. The van der Waals surface area contributed by atoms with Gasteiger partial charge in [-0.05, 0) is 23.6 Å². The highest BCUT2D eigenvalue weighted by atomic mass is 16.5. The van der Waals surface area contributed by atoms with E-state index in [9.17, 15) is 14.9 Å². The zero-order valence-electron chi connectivity index (χ0n) is 19.6. The Hall–Kier alpha value is -4.25. The molecule has 1 aliphatic heterocycles. The SMILES string of the molecule is COC(=O)C1=C(C(=O)OC)N(c2ccccc2OCC(C)C)C(N)=C(C#N)C1c1ccccc1. The Balaban J connectivity index is 2.37. The number of hydrogen-bond acceptors (Lipinski definition) is 8. The van der Waals surface area contributed by atoms with E-state index in [1.54, 1.807) is 48.5 Å². The smallest absolute Gasteiger partial charge is 0.355 e. The summed E-state index contributed by atoms with van der Waals surface area (Å²) < 4.78 is 16.1. The van der Waals surface area contributed by atoms with Crippen LogP contribution in [-0.2, 0) is 19.1 Å². The molecule has 3 rings (SSSR count). The number of benzene rings is 2. The van der Waals surface area contributed by atoms with E-state index >= 15 is 0 Å². The van der Waals surface area contributed by atoms with Gasteiger partial charge in [-0.15, -0.1) is 0 Å². The maximum atomic E-state index is 13.1. The highest BCUT2D eigenvalue weighted by molar-refractivity contribution is 6.06. The first-order chi connectivity index (χ1) is 16.3. The van der Waals surface area contributed by atoms with Crippen LogP contribution in [0.1, 0.15) is 25.3 Å². The maximum absolute atomic E-state index is 13.1. The Morgan fingerprint density at radius 1 is 1.03 bits per heavy atom. The van der Waals surface area contributed by atoms with E-state index < -0.39 is 17.9 Å². The lowest BCUT2D eigenvalue weighted by atomic mass is 9.81. The third-order valence-electron chi connectivity index (χ3n) is 5.29. The number of allylic oxidation sites excluding steroid dienone is 1. The summed E-state index contributed by atoms with van der Waals surface area (Å²) in [6, 6.07) is 17.9. The molecule has 0 saturated carbocycles. The normalized spacial score (nSPS) is 15.8. The van der Waals surface area contributed by atoms with Crippen LogP contribution in [0.3, 0.4) is 0 Å². The Labute approximate surface area is 198 Å². The van der Waals surface area contributed by atoms with Gasteiger partial charge in [-0.3, -0.25) is 4.90 Å². The van der Waals surface area contributed by atoms with Crippen LogP contribution in [-0.4, -0.2) is 32.8 Å². The monoisotopic (exact) mass is 461 g/mol. The van der Waals surface area contributed by atoms with Crippen molar-refractivity contribution in [1.29, 1.82) is 5.26 Å². The number of rotatable bonds is 7. The molecule has 8 nitrogen and oxygen atoms in total. The van der Waals surface area contributed by atoms with Crippen molar-refractivity contribution in [1.82, 2.24) is 0 Å². The molecule has 176 valence electrons. The molecule has 34 heavy (non-hydrogen) atoms. The van der Waals surface area contributed by atoms with Gasteiger partial charge < -0.3 is 19.9 Å². The van der Waals surface area contributed by atoms with Gasteiger partial charge in [0.05, 0.1) is 49.6 Å². The van der Waals surface area contributed by atoms with Crippen LogP contribution in [0.2, 0.25) is 0 Å². The quantitative estimate of drug-likeness (QED) is 0.622. The molecule has 1 unspecified atom stereocenters. The van der Waals surface area contributed by atoms with E-state index in [0.717, 1.165) is 0 Å². The number of ether oxygens (including phenoxy) is 3. The largest absolute Gasteiger partial charge is 0.491 e. The Kier molecular flexibility index (Phi) is 7.59. The summed E-state index contributed by atoms with van der Waals surface area (Å²) >= 11 is 0. The summed E-state index contributed by atoms with van der Waals surface area (Å²) in [5.41, 5.74) is 7.44. The minimum Gasteiger partial charge on any atom is -0.491 e. The van der Waals surface area contributed by atoms with Crippen LogP contribution in [0.5, 0.6) is 5.75 Å². The first-order valence-electron chi connectivity index (χ1n) is 10.7. The summed E-state index contributed by atoms with van der Waals surface area (Å²) in [7, 11) is 2.42. The Morgan fingerprint density at radius 3 is 2.24 bits per heavy atom. The van der Waals surface area contributed by atoms with Crippen LogP contribution in [0.4, 0.5) is 5.69 Å². The average molecular weight is 462 g/mol. The van der Waals surface area contributed by atoms with Gasteiger partial charge in [0.2, 0.25) is 0 Å². The van der Waals surface area contributed by atoms with Crippen molar-refractivity contribution in [3.05, 3.63) is 82.8 Å². The number of anilines is 1. The van der Waals surface area contributed by atoms with Gasteiger partial charge in [-0.2, -0.15) is 5.26 Å². The first-order valence-corrected chi connectivity index (χ1v) is 10.7. The fraction of sp³-hybridized carbons (Fsp3) is 0.269. The van der Waals surface area contributed by atoms with Crippen molar-refractivity contribution in [3.8, 4) is 11.8 Å². The predicted molar refractivity (Wildman–Crippen MR) is 126 cm³/mol. The molecule has 0 radical (unpaired) electrons. The second-order valence-electron chi connectivity index (χ2n) is 8.01. The topological polar surface area (TPSA) is 115 Å². The number of nitrogens with two attached hydrogens (primary N) is 1. The van der Waals surface area contributed by atoms with Gasteiger partial charge in [0.1, 0.15) is 17.3 Å². The molecule has 2 aromatic carbocycles. The summed E-state index contributed by atoms with van der Waals surface area (Å²) in [6.45, 7) is 4.42. The lowest BCUT2D eigenvalue weighted by Gasteiger charge is -2.36. The highest BCUT2D eigenvalue weighted by Gasteiger charge is 2.43. The summed E-state index contributed by atoms with van der Waals surface area (Å²) in [5.74, 6) is -1.85. The van der Waals surface area contributed by atoms with Crippen molar-refractivity contribution >= 4 is 17.6 Å². The number of methoxy groups -OCH3 is 2. The van der Waals surface area contributed by atoms with E-state index in [0.29, 0.717) is 23.6 Å². The molecule has 2 aromatic rings. The number of nitrogens with zero attached hydrogens (tertiary/aromatic N) is 2. The van der Waals surface area contributed by atoms with E-state index in [1.165, 1.54) is 19.1 Å². The molecule has 2 N–H and O–H groups in total. The van der Waals surface area contributed by atoms with Gasteiger partial charge in [-0.25, -0.2) is 9.59 Å². The molecule has 0 bridgehead atoms. The molecule has 1 atom stereocenters. The van der Waals surface area contributed by atoms with Crippen molar-refractivity contribution in [2.75, 3.05) is 25.7 Å². The minimum atomic E-state index is -0.923. The minimum absolute atomic E-state index is 0.00926. The van der Waals surface area contributed by atoms with Gasteiger partial charge >= 0.3 is 11.9 Å². The molecule has 8 heteroatoms. The van der Waals surface area contributed by atoms with Crippen LogP contribution < -0.4 is 15.4 Å². The van der Waals surface area contributed by atoms with Crippen molar-refractivity contribution in [2.24, 2.45) is 11.7 Å². The van der Waals surface area contributed by atoms with E-state index in [-0.39, 0.29) is 28.6 Å². The lowest BCUT2D eigenvalue weighted by Crippen LogP contribution is -2.41. The van der Waals surface area contributed by atoms with Gasteiger partial charge in [0.25, 0.3) is 0 Å². The fourth-order valence-electron chi connectivity index (χ4n) is 3.78. The number of carbonyl (C=O) groups is 2. The Bertz CT molecular complexity index is 1180. The maximum Gasteiger partial charge on any atom is 0.355 e. The molecule has 0 aromatic heterocycles. The summed E-state index contributed by atoms with van der Waals surface area (Å²) in [6.07, 6.45) is 0. The third kappa shape index (κ3) is 4.59.